The summed E-state index contributed by atoms with van der Waals surface area (Å²) < 4.78 is 54.3. The maximum Gasteiger partial charge on any atom is 0.243 e. The molecule has 0 atom stereocenters. The van der Waals surface area contributed by atoms with Crippen LogP contribution in [0.3, 0.4) is 0 Å². The third-order valence-corrected chi connectivity index (χ3v) is 5.46. The fraction of sp³-hybridized carbons (Fsp3) is 0.571. The van der Waals surface area contributed by atoms with Crippen molar-refractivity contribution in [2.45, 2.75) is 55.6 Å². The van der Waals surface area contributed by atoms with Gasteiger partial charge in [0.05, 0.1) is 0 Å². The van der Waals surface area contributed by atoms with Crippen LogP contribution < -0.4 is 10.0 Å². The first kappa shape index (κ1) is 14.9. The molecule has 4 nitrogen and oxygen atoms in total. The number of rotatable bonds is 6. The van der Waals surface area contributed by atoms with Crippen LogP contribution in [0.4, 0.5) is 8.78 Å². The Bertz CT molecular complexity index is 641. The van der Waals surface area contributed by atoms with Crippen LogP contribution in [0.2, 0.25) is 0 Å². The first-order chi connectivity index (χ1) is 9.95. The molecule has 2 aliphatic carbocycles. The molecule has 0 amide bonds. The van der Waals surface area contributed by atoms with Crippen molar-refractivity contribution in [3.8, 4) is 0 Å². The second-order valence-corrected chi connectivity index (χ2v) is 7.48. The summed E-state index contributed by atoms with van der Waals surface area (Å²) in [6.07, 6.45) is 4.57. The minimum atomic E-state index is -4.01. The Labute approximate surface area is 123 Å². The highest BCUT2D eigenvalue weighted by molar-refractivity contribution is 7.89. The monoisotopic (exact) mass is 316 g/mol. The van der Waals surface area contributed by atoms with Gasteiger partial charge in [0.1, 0.15) is 4.90 Å². The number of hydrogen-bond donors (Lipinski definition) is 2. The molecule has 0 unspecified atom stereocenters. The van der Waals surface area contributed by atoms with E-state index in [4.69, 9.17) is 0 Å². The van der Waals surface area contributed by atoms with E-state index in [-0.39, 0.29) is 6.04 Å². The molecule has 2 N–H and O–H groups in total. The molecule has 0 spiro atoms. The van der Waals surface area contributed by atoms with Crippen LogP contribution in [0.1, 0.15) is 37.7 Å². The molecular formula is C14H18F2N2O2S. The molecule has 0 bridgehead atoms. The van der Waals surface area contributed by atoms with Gasteiger partial charge in [-0.05, 0) is 43.4 Å². The average molecular weight is 316 g/mol. The lowest BCUT2D eigenvalue weighted by molar-refractivity contribution is 0.382. The number of halogens is 2. The minimum absolute atomic E-state index is 0.161. The van der Waals surface area contributed by atoms with Gasteiger partial charge >= 0.3 is 0 Å². The fourth-order valence-corrected chi connectivity index (χ4v) is 3.71. The van der Waals surface area contributed by atoms with Crippen LogP contribution in [-0.4, -0.2) is 20.5 Å². The van der Waals surface area contributed by atoms with Gasteiger partial charge in [-0.1, -0.05) is 6.42 Å². The van der Waals surface area contributed by atoms with Crippen LogP contribution in [0.5, 0.6) is 0 Å². The Morgan fingerprint density at radius 2 is 1.81 bits per heavy atom. The summed E-state index contributed by atoms with van der Waals surface area (Å²) in [7, 11) is -4.01. The molecule has 0 saturated heterocycles. The fourth-order valence-electron chi connectivity index (χ4n) is 2.27. The van der Waals surface area contributed by atoms with Crippen LogP contribution >= 0.6 is 0 Å². The molecule has 7 heteroatoms. The molecule has 1 aromatic carbocycles. The Kier molecular flexibility index (Phi) is 3.98. The summed E-state index contributed by atoms with van der Waals surface area (Å²) >= 11 is 0. The van der Waals surface area contributed by atoms with Gasteiger partial charge < -0.3 is 5.32 Å². The van der Waals surface area contributed by atoms with Crippen molar-refractivity contribution in [1.82, 2.24) is 10.0 Å². The minimum Gasteiger partial charge on any atom is -0.310 e. The SMILES string of the molecule is O=S(=O)(NC1CCC1)c1cc(CNC2CC2)cc(F)c1F. The highest BCUT2D eigenvalue weighted by Crippen LogP contribution is 2.25. The average Bonchev–Trinajstić information content (AvgIpc) is 3.19. The molecule has 21 heavy (non-hydrogen) atoms. The van der Waals surface area contributed by atoms with Crippen molar-refractivity contribution < 1.29 is 17.2 Å². The second-order valence-electron chi connectivity index (χ2n) is 5.79. The lowest BCUT2D eigenvalue weighted by atomic mass is 9.94. The second kappa shape index (κ2) is 5.62. The molecule has 3 rings (SSSR count). The van der Waals surface area contributed by atoms with Crippen LogP contribution in [0, 0.1) is 11.6 Å². The standard InChI is InChI=1S/C14H18F2N2O2S/c15-12-6-9(8-17-10-4-5-10)7-13(14(12)16)21(19,20)18-11-2-1-3-11/h6-7,10-11,17-18H,1-5,8H2. The Morgan fingerprint density at radius 1 is 1.10 bits per heavy atom. The van der Waals surface area contributed by atoms with E-state index in [1.807, 2.05) is 0 Å². The van der Waals surface area contributed by atoms with Gasteiger partial charge in [0.25, 0.3) is 0 Å². The predicted octanol–water partition coefficient (Wildman–Crippen LogP) is 2.05. The highest BCUT2D eigenvalue weighted by atomic mass is 32.2. The highest BCUT2D eigenvalue weighted by Gasteiger charge is 2.29. The third kappa shape index (κ3) is 3.41. The predicted molar refractivity (Wildman–Crippen MR) is 74.2 cm³/mol. The topological polar surface area (TPSA) is 58.2 Å². The Morgan fingerprint density at radius 3 is 2.38 bits per heavy atom. The maximum absolute atomic E-state index is 13.8. The number of nitrogens with one attached hydrogen (secondary N) is 2. The molecule has 0 aliphatic heterocycles. The number of hydrogen-bond acceptors (Lipinski definition) is 3. The molecule has 116 valence electrons. The largest absolute Gasteiger partial charge is 0.310 e. The summed E-state index contributed by atoms with van der Waals surface area (Å²) in [6.45, 7) is 0.341. The normalized spacial score (nSPS) is 19.5. The van der Waals surface area contributed by atoms with Gasteiger partial charge in [-0.15, -0.1) is 0 Å². The first-order valence-electron chi connectivity index (χ1n) is 7.19. The number of benzene rings is 1. The molecular weight excluding hydrogens is 298 g/mol. The van der Waals surface area contributed by atoms with Gasteiger partial charge in [0.15, 0.2) is 11.6 Å². The molecule has 2 fully saturated rings. The zero-order valence-electron chi connectivity index (χ0n) is 11.5. The van der Waals surface area contributed by atoms with E-state index < -0.39 is 26.6 Å². The summed E-state index contributed by atoms with van der Waals surface area (Å²) in [5.74, 6) is -2.43. The van der Waals surface area contributed by atoms with Gasteiger partial charge in [0, 0.05) is 18.6 Å². The number of sulfonamides is 1. The zero-order chi connectivity index (χ0) is 15.0. The summed E-state index contributed by atoms with van der Waals surface area (Å²) in [5, 5.41) is 3.16. The van der Waals surface area contributed by atoms with E-state index in [1.54, 1.807) is 0 Å². The van der Waals surface area contributed by atoms with Crippen LogP contribution in [0.15, 0.2) is 17.0 Å². The van der Waals surface area contributed by atoms with Gasteiger partial charge in [-0.25, -0.2) is 21.9 Å². The van der Waals surface area contributed by atoms with Crippen molar-refractivity contribution in [2.75, 3.05) is 0 Å². The molecule has 1 aromatic rings. The van der Waals surface area contributed by atoms with Crippen molar-refractivity contribution in [3.05, 3.63) is 29.3 Å². The molecule has 2 aliphatic rings. The summed E-state index contributed by atoms with van der Waals surface area (Å²) in [6, 6.07) is 2.51. The van der Waals surface area contributed by atoms with Gasteiger partial charge in [0.2, 0.25) is 10.0 Å². The van der Waals surface area contributed by atoms with Crippen molar-refractivity contribution in [3.63, 3.8) is 0 Å². The van der Waals surface area contributed by atoms with E-state index in [0.717, 1.165) is 38.2 Å². The van der Waals surface area contributed by atoms with E-state index in [0.29, 0.717) is 18.2 Å². The Balaban J connectivity index is 1.84. The Hall–Kier alpha value is -1.05. The third-order valence-electron chi connectivity index (χ3n) is 3.94. The summed E-state index contributed by atoms with van der Waals surface area (Å²) in [4.78, 5) is -0.595. The zero-order valence-corrected chi connectivity index (χ0v) is 12.3. The lowest BCUT2D eigenvalue weighted by Crippen LogP contribution is -2.39. The van der Waals surface area contributed by atoms with Crippen molar-refractivity contribution in [2.24, 2.45) is 0 Å². The van der Waals surface area contributed by atoms with Gasteiger partial charge in [-0.3, -0.25) is 0 Å². The van der Waals surface area contributed by atoms with Crippen LogP contribution in [-0.2, 0) is 16.6 Å². The van der Waals surface area contributed by atoms with Gasteiger partial charge in [-0.2, -0.15) is 0 Å². The molecule has 0 radical (unpaired) electrons. The summed E-state index contributed by atoms with van der Waals surface area (Å²) in [5.41, 5.74) is 0.440. The smallest absolute Gasteiger partial charge is 0.243 e. The molecule has 0 heterocycles. The maximum atomic E-state index is 13.8. The van der Waals surface area contributed by atoms with Crippen LogP contribution in [0.25, 0.3) is 0 Å². The van der Waals surface area contributed by atoms with Crippen molar-refractivity contribution in [1.29, 1.82) is 0 Å². The molecule has 0 aromatic heterocycles. The first-order valence-corrected chi connectivity index (χ1v) is 8.67. The quantitative estimate of drug-likeness (QED) is 0.844. The molecule has 2 saturated carbocycles. The van der Waals surface area contributed by atoms with E-state index in [2.05, 4.69) is 10.0 Å². The lowest BCUT2D eigenvalue weighted by Gasteiger charge is -2.26. The van der Waals surface area contributed by atoms with E-state index in [1.165, 1.54) is 6.07 Å². The van der Waals surface area contributed by atoms with Crippen molar-refractivity contribution >= 4 is 10.0 Å². The van der Waals surface area contributed by atoms with E-state index >= 15 is 0 Å². The van der Waals surface area contributed by atoms with E-state index in [9.17, 15) is 17.2 Å².